The molecule has 1 unspecified atom stereocenters. The van der Waals surface area contributed by atoms with Gasteiger partial charge in [0, 0.05) is 24.6 Å². The third-order valence-corrected chi connectivity index (χ3v) is 2.74. The summed E-state index contributed by atoms with van der Waals surface area (Å²) in [6.07, 6.45) is 1.73. The molecule has 100 valence electrons. The number of aromatic nitrogens is 2. The van der Waals surface area contributed by atoms with Crippen LogP contribution in [0.15, 0.2) is 36.5 Å². The quantitative estimate of drug-likeness (QED) is 0.680. The third kappa shape index (κ3) is 3.48. The first-order valence-electron chi connectivity index (χ1n) is 6.03. The number of carbonyl (C=O) groups is 1. The van der Waals surface area contributed by atoms with E-state index in [0.29, 0.717) is 0 Å². The molecule has 0 aliphatic heterocycles. The number of carbonyl (C=O) groups excluding carboxylic acids is 1. The van der Waals surface area contributed by atoms with Crippen LogP contribution in [0.5, 0.6) is 0 Å². The van der Waals surface area contributed by atoms with E-state index >= 15 is 0 Å². The highest BCUT2D eigenvalue weighted by Gasteiger charge is 2.06. The monoisotopic (exact) mass is 259 g/mol. The summed E-state index contributed by atoms with van der Waals surface area (Å²) in [6, 6.07) is 9.36. The van der Waals surface area contributed by atoms with Gasteiger partial charge >= 0.3 is 6.03 Å². The number of H-pyrrole nitrogens is 1. The van der Waals surface area contributed by atoms with Crippen molar-refractivity contribution in [2.24, 2.45) is 0 Å². The molecule has 6 heteroatoms. The van der Waals surface area contributed by atoms with Gasteiger partial charge in [0.2, 0.25) is 0 Å². The number of benzene rings is 1. The van der Waals surface area contributed by atoms with Gasteiger partial charge in [-0.3, -0.25) is 5.10 Å². The molecule has 1 atom stereocenters. The van der Waals surface area contributed by atoms with E-state index < -0.39 is 0 Å². The van der Waals surface area contributed by atoms with Crippen LogP contribution in [-0.4, -0.2) is 23.3 Å². The van der Waals surface area contributed by atoms with Crippen LogP contribution in [0.1, 0.15) is 18.7 Å². The van der Waals surface area contributed by atoms with E-state index in [2.05, 4.69) is 26.1 Å². The van der Waals surface area contributed by atoms with E-state index in [9.17, 15) is 4.79 Å². The summed E-state index contributed by atoms with van der Waals surface area (Å²) in [5.74, 6) is 0. The zero-order valence-electron chi connectivity index (χ0n) is 10.9. The van der Waals surface area contributed by atoms with Gasteiger partial charge in [0.25, 0.3) is 0 Å². The minimum atomic E-state index is -0.230. The summed E-state index contributed by atoms with van der Waals surface area (Å²) < 4.78 is 0. The van der Waals surface area contributed by atoms with Gasteiger partial charge in [0.1, 0.15) is 0 Å². The first-order valence-corrected chi connectivity index (χ1v) is 6.03. The molecule has 2 rings (SSSR count). The van der Waals surface area contributed by atoms with Gasteiger partial charge in [0.05, 0.1) is 11.7 Å². The van der Waals surface area contributed by atoms with Crippen molar-refractivity contribution in [2.45, 2.75) is 13.0 Å². The number of hydrogen-bond donors (Lipinski definition) is 4. The average Bonchev–Trinajstić information content (AvgIpc) is 2.95. The highest BCUT2D eigenvalue weighted by Crippen LogP contribution is 2.19. The van der Waals surface area contributed by atoms with Crippen LogP contribution < -0.4 is 16.0 Å². The maximum Gasteiger partial charge on any atom is 0.318 e. The Kier molecular flexibility index (Phi) is 4.02. The summed E-state index contributed by atoms with van der Waals surface area (Å²) >= 11 is 0. The van der Waals surface area contributed by atoms with Crippen molar-refractivity contribution in [3.63, 3.8) is 0 Å². The van der Waals surface area contributed by atoms with E-state index in [1.807, 2.05) is 37.3 Å². The molecule has 1 heterocycles. The van der Waals surface area contributed by atoms with Crippen molar-refractivity contribution in [1.29, 1.82) is 0 Å². The number of urea groups is 1. The van der Waals surface area contributed by atoms with Gasteiger partial charge in [-0.15, -0.1) is 0 Å². The fourth-order valence-electron chi connectivity index (χ4n) is 1.68. The standard InChI is InChI=1S/C13H17N5O/c1-9(12-7-8-15-18-12)16-10-3-5-11(6-4-10)17-13(19)14-2/h3-9,16H,1-2H3,(H,15,18)(H2,14,17,19). The van der Waals surface area contributed by atoms with Gasteiger partial charge in [-0.2, -0.15) is 5.10 Å². The van der Waals surface area contributed by atoms with Crippen LogP contribution in [0.3, 0.4) is 0 Å². The van der Waals surface area contributed by atoms with Crippen molar-refractivity contribution < 1.29 is 4.79 Å². The summed E-state index contributed by atoms with van der Waals surface area (Å²) in [5.41, 5.74) is 2.75. The van der Waals surface area contributed by atoms with Gasteiger partial charge in [-0.1, -0.05) is 0 Å². The molecule has 19 heavy (non-hydrogen) atoms. The van der Waals surface area contributed by atoms with Gasteiger partial charge in [-0.05, 0) is 37.3 Å². The molecule has 0 bridgehead atoms. The third-order valence-electron chi connectivity index (χ3n) is 2.74. The maximum absolute atomic E-state index is 11.2. The number of nitrogens with one attached hydrogen (secondary N) is 4. The lowest BCUT2D eigenvalue weighted by atomic mass is 10.2. The highest BCUT2D eigenvalue weighted by molar-refractivity contribution is 5.89. The number of nitrogens with zero attached hydrogens (tertiary/aromatic N) is 1. The molecule has 0 spiro atoms. The summed E-state index contributed by atoms with van der Waals surface area (Å²) in [6.45, 7) is 2.05. The van der Waals surface area contributed by atoms with Gasteiger partial charge < -0.3 is 16.0 Å². The van der Waals surface area contributed by atoms with E-state index in [1.54, 1.807) is 13.2 Å². The molecule has 0 radical (unpaired) electrons. The van der Waals surface area contributed by atoms with Crippen LogP contribution in [0.25, 0.3) is 0 Å². The Morgan fingerprint density at radius 1 is 1.21 bits per heavy atom. The minimum absolute atomic E-state index is 0.139. The predicted octanol–water partition coefficient (Wildman–Crippen LogP) is 2.33. The number of amides is 2. The fraction of sp³-hybridized carbons (Fsp3) is 0.231. The number of anilines is 2. The molecule has 0 fully saturated rings. The number of aromatic amines is 1. The van der Waals surface area contributed by atoms with Crippen molar-refractivity contribution in [1.82, 2.24) is 15.5 Å². The topological polar surface area (TPSA) is 81.8 Å². The SMILES string of the molecule is CNC(=O)Nc1ccc(NC(C)c2ccn[nH]2)cc1. The summed E-state index contributed by atoms with van der Waals surface area (Å²) in [5, 5.41) is 15.4. The highest BCUT2D eigenvalue weighted by atomic mass is 16.2. The van der Waals surface area contributed by atoms with Crippen LogP contribution in [0.2, 0.25) is 0 Å². The van der Waals surface area contributed by atoms with Crippen LogP contribution in [0.4, 0.5) is 16.2 Å². The average molecular weight is 259 g/mol. The Morgan fingerprint density at radius 3 is 2.47 bits per heavy atom. The second kappa shape index (κ2) is 5.90. The second-order valence-electron chi connectivity index (χ2n) is 4.16. The Hall–Kier alpha value is -2.50. The van der Waals surface area contributed by atoms with Crippen LogP contribution in [-0.2, 0) is 0 Å². The zero-order valence-corrected chi connectivity index (χ0v) is 10.9. The molecule has 2 aromatic rings. The molecule has 6 nitrogen and oxygen atoms in total. The predicted molar refractivity (Wildman–Crippen MR) is 75.1 cm³/mol. The van der Waals surface area contributed by atoms with E-state index in [1.165, 1.54) is 0 Å². The van der Waals surface area contributed by atoms with Crippen molar-refractivity contribution in [3.8, 4) is 0 Å². The van der Waals surface area contributed by atoms with E-state index in [4.69, 9.17) is 0 Å². The van der Waals surface area contributed by atoms with Crippen molar-refractivity contribution in [2.75, 3.05) is 17.7 Å². The van der Waals surface area contributed by atoms with Crippen molar-refractivity contribution in [3.05, 3.63) is 42.2 Å². The molecule has 4 N–H and O–H groups in total. The molecule has 0 aliphatic carbocycles. The first-order chi connectivity index (χ1) is 9.19. The van der Waals surface area contributed by atoms with Crippen molar-refractivity contribution >= 4 is 17.4 Å². The summed E-state index contributed by atoms with van der Waals surface area (Å²) in [4.78, 5) is 11.2. The second-order valence-corrected chi connectivity index (χ2v) is 4.16. The number of rotatable bonds is 4. The van der Waals surface area contributed by atoms with Gasteiger partial charge in [-0.25, -0.2) is 4.79 Å². The molecule has 0 saturated heterocycles. The zero-order chi connectivity index (χ0) is 13.7. The van der Waals surface area contributed by atoms with E-state index in [0.717, 1.165) is 17.1 Å². The molecule has 0 aliphatic rings. The Balaban J connectivity index is 1.97. The normalized spacial score (nSPS) is 11.7. The molecule has 1 aromatic heterocycles. The largest absolute Gasteiger partial charge is 0.377 e. The molecular weight excluding hydrogens is 242 g/mol. The van der Waals surface area contributed by atoms with Crippen LogP contribution >= 0.6 is 0 Å². The Morgan fingerprint density at radius 2 is 1.89 bits per heavy atom. The van der Waals surface area contributed by atoms with Gasteiger partial charge in [0.15, 0.2) is 0 Å². The number of hydrogen-bond acceptors (Lipinski definition) is 3. The first kappa shape index (κ1) is 12.9. The Bertz CT molecular complexity index is 520. The molecular formula is C13H17N5O. The van der Waals surface area contributed by atoms with E-state index in [-0.39, 0.29) is 12.1 Å². The summed E-state index contributed by atoms with van der Waals surface area (Å²) in [7, 11) is 1.58. The lowest BCUT2D eigenvalue weighted by molar-refractivity contribution is 0.254. The minimum Gasteiger partial charge on any atom is -0.377 e. The van der Waals surface area contributed by atoms with Crippen LogP contribution in [0, 0.1) is 0 Å². The fourth-order valence-corrected chi connectivity index (χ4v) is 1.68. The Labute approximate surface area is 111 Å². The maximum atomic E-state index is 11.2. The lowest BCUT2D eigenvalue weighted by Crippen LogP contribution is -2.24. The molecule has 0 saturated carbocycles. The smallest absolute Gasteiger partial charge is 0.318 e. The lowest BCUT2D eigenvalue weighted by Gasteiger charge is -2.14. The molecule has 2 amide bonds. The molecule has 1 aromatic carbocycles.